The molecule has 0 spiro atoms. The molecule has 2 aromatic carbocycles. The van der Waals surface area contributed by atoms with Crippen molar-refractivity contribution in [1.29, 1.82) is 0 Å². The number of allylic oxidation sites excluding steroid dienone is 1. The second-order valence-electron chi connectivity index (χ2n) is 5.02. The summed E-state index contributed by atoms with van der Waals surface area (Å²) in [6.07, 6.45) is 3.01. The van der Waals surface area contributed by atoms with Crippen molar-refractivity contribution < 1.29 is 28.9 Å². The summed E-state index contributed by atoms with van der Waals surface area (Å²) >= 11 is 0. The minimum atomic E-state index is -0.481. The van der Waals surface area contributed by atoms with Crippen LogP contribution in [0.15, 0.2) is 48.5 Å². The minimum Gasteiger partial charge on any atom is -0.504 e. The smallest absolute Gasteiger partial charge is 0.343 e. The number of carbonyl (C=O) groups excluding carboxylic acids is 2. The Morgan fingerprint density at radius 2 is 1.80 bits per heavy atom. The fraction of sp³-hybridized carbons (Fsp3) is 0.158. The van der Waals surface area contributed by atoms with Gasteiger partial charge in [-0.15, -0.1) is 0 Å². The number of ether oxygens (including phenoxy) is 3. The minimum absolute atomic E-state index is 0.00390. The van der Waals surface area contributed by atoms with Gasteiger partial charge in [0, 0.05) is 5.56 Å². The van der Waals surface area contributed by atoms with Gasteiger partial charge in [0.1, 0.15) is 5.75 Å². The molecule has 0 aromatic heterocycles. The highest BCUT2D eigenvalue weighted by molar-refractivity contribution is 6.06. The van der Waals surface area contributed by atoms with Crippen molar-refractivity contribution in [1.82, 2.24) is 0 Å². The van der Waals surface area contributed by atoms with E-state index in [2.05, 4.69) is 4.74 Å². The Kier molecular flexibility index (Phi) is 6.17. The molecule has 0 aliphatic carbocycles. The van der Waals surface area contributed by atoms with Crippen molar-refractivity contribution in [2.24, 2.45) is 0 Å². The molecule has 0 radical (unpaired) electrons. The quantitative estimate of drug-likeness (QED) is 0.473. The fourth-order valence-electron chi connectivity index (χ4n) is 2.00. The number of esters is 1. The number of hydrogen-bond donors (Lipinski definition) is 1. The number of aromatic hydroxyl groups is 1. The second-order valence-corrected chi connectivity index (χ2v) is 5.02. The highest BCUT2D eigenvalue weighted by Crippen LogP contribution is 2.26. The third-order valence-corrected chi connectivity index (χ3v) is 3.35. The summed E-state index contributed by atoms with van der Waals surface area (Å²) in [6.45, 7) is -0.190. The molecule has 0 bridgehead atoms. The number of hydrogen-bond acceptors (Lipinski definition) is 6. The molecule has 0 saturated carbocycles. The first kappa shape index (κ1) is 18.1. The average molecular weight is 342 g/mol. The normalized spacial score (nSPS) is 10.5. The number of methoxy groups -OCH3 is 2. The van der Waals surface area contributed by atoms with Crippen LogP contribution in [-0.2, 0) is 9.53 Å². The lowest BCUT2D eigenvalue weighted by molar-refractivity contribution is -0.142. The Labute approximate surface area is 145 Å². The van der Waals surface area contributed by atoms with E-state index >= 15 is 0 Å². The van der Waals surface area contributed by atoms with Gasteiger partial charge in [0.25, 0.3) is 0 Å². The third kappa shape index (κ3) is 5.10. The molecule has 25 heavy (non-hydrogen) atoms. The van der Waals surface area contributed by atoms with E-state index in [-0.39, 0.29) is 18.1 Å². The van der Waals surface area contributed by atoms with Gasteiger partial charge in [0.2, 0.25) is 0 Å². The molecule has 0 atom stereocenters. The van der Waals surface area contributed by atoms with E-state index in [1.165, 1.54) is 26.4 Å². The van der Waals surface area contributed by atoms with Crippen LogP contribution in [-0.4, -0.2) is 37.7 Å². The number of ketones is 1. The molecule has 0 fully saturated rings. The summed E-state index contributed by atoms with van der Waals surface area (Å²) in [5, 5.41) is 9.72. The molecule has 130 valence electrons. The van der Waals surface area contributed by atoms with Crippen LogP contribution in [0.2, 0.25) is 0 Å². The first-order valence-electron chi connectivity index (χ1n) is 7.42. The maximum Gasteiger partial charge on any atom is 0.343 e. The Morgan fingerprint density at radius 3 is 2.40 bits per heavy atom. The molecule has 0 saturated heterocycles. The first-order chi connectivity index (χ1) is 12.0. The van der Waals surface area contributed by atoms with Gasteiger partial charge in [0.05, 0.1) is 14.2 Å². The van der Waals surface area contributed by atoms with Crippen molar-refractivity contribution >= 4 is 17.8 Å². The topological polar surface area (TPSA) is 82.1 Å². The maximum atomic E-state index is 12.2. The number of benzene rings is 2. The fourth-order valence-corrected chi connectivity index (χ4v) is 2.00. The average Bonchev–Trinajstić information content (AvgIpc) is 2.64. The van der Waals surface area contributed by atoms with Crippen LogP contribution in [0.5, 0.6) is 17.2 Å². The van der Waals surface area contributed by atoms with Crippen LogP contribution >= 0.6 is 0 Å². The zero-order chi connectivity index (χ0) is 18.2. The van der Waals surface area contributed by atoms with E-state index in [9.17, 15) is 14.7 Å². The lowest BCUT2D eigenvalue weighted by Crippen LogP contribution is -2.12. The van der Waals surface area contributed by atoms with Crippen LogP contribution in [0.3, 0.4) is 0 Å². The molecule has 6 nitrogen and oxygen atoms in total. The van der Waals surface area contributed by atoms with E-state index in [0.29, 0.717) is 22.6 Å². The van der Waals surface area contributed by atoms with E-state index in [4.69, 9.17) is 9.47 Å². The van der Waals surface area contributed by atoms with Crippen LogP contribution in [0.25, 0.3) is 6.08 Å². The molecule has 6 heteroatoms. The highest BCUT2D eigenvalue weighted by atomic mass is 16.6. The summed E-state index contributed by atoms with van der Waals surface area (Å²) in [6, 6.07) is 11.3. The molecular weight excluding hydrogens is 324 g/mol. The van der Waals surface area contributed by atoms with Gasteiger partial charge in [-0.1, -0.05) is 12.1 Å². The van der Waals surface area contributed by atoms with E-state index in [1.807, 2.05) is 0 Å². The summed E-state index contributed by atoms with van der Waals surface area (Å²) in [5.74, 6) is 0.155. The summed E-state index contributed by atoms with van der Waals surface area (Å²) in [7, 11) is 2.75. The SMILES string of the molecule is COC(=O)COc1ccc(C(=O)/C=C/c2ccc(OC)c(O)c2)cc1. The molecule has 0 aliphatic heterocycles. The number of phenolic OH excluding ortho intramolecular Hbond substituents is 1. The van der Waals surface area contributed by atoms with Crippen molar-refractivity contribution in [3.05, 3.63) is 59.7 Å². The molecule has 0 aliphatic rings. The van der Waals surface area contributed by atoms with Gasteiger partial charge in [-0.05, 0) is 48.0 Å². The molecule has 0 amide bonds. The third-order valence-electron chi connectivity index (χ3n) is 3.35. The van der Waals surface area contributed by atoms with Crippen molar-refractivity contribution in [3.63, 3.8) is 0 Å². The van der Waals surface area contributed by atoms with Gasteiger partial charge in [-0.2, -0.15) is 0 Å². The molecular formula is C19H18O6. The Hall–Kier alpha value is -3.28. The predicted octanol–water partition coefficient (Wildman–Crippen LogP) is 2.85. The Bertz CT molecular complexity index is 777. The molecule has 2 aromatic rings. The second kappa shape index (κ2) is 8.54. The van der Waals surface area contributed by atoms with Crippen LogP contribution < -0.4 is 9.47 Å². The van der Waals surface area contributed by atoms with Gasteiger partial charge in [-0.3, -0.25) is 4.79 Å². The summed E-state index contributed by atoms with van der Waals surface area (Å²) < 4.78 is 14.7. The van der Waals surface area contributed by atoms with E-state index < -0.39 is 5.97 Å². The Balaban J connectivity index is 2.00. The van der Waals surface area contributed by atoms with Crippen LogP contribution in [0.1, 0.15) is 15.9 Å². The van der Waals surface area contributed by atoms with Crippen molar-refractivity contribution in [2.45, 2.75) is 0 Å². The van der Waals surface area contributed by atoms with E-state index in [0.717, 1.165) is 0 Å². The van der Waals surface area contributed by atoms with Gasteiger partial charge >= 0.3 is 5.97 Å². The van der Waals surface area contributed by atoms with Crippen LogP contribution in [0, 0.1) is 0 Å². The molecule has 2 rings (SSSR count). The highest BCUT2D eigenvalue weighted by Gasteiger charge is 2.05. The molecule has 0 heterocycles. The van der Waals surface area contributed by atoms with Gasteiger partial charge in [-0.25, -0.2) is 4.79 Å². The zero-order valence-corrected chi connectivity index (χ0v) is 13.9. The van der Waals surface area contributed by atoms with Gasteiger partial charge < -0.3 is 19.3 Å². The number of carbonyl (C=O) groups is 2. The monoisotopic (exact) mass is 342 g/mol. The van der Waals surface area contributed by atoms with E-state index in [1.54, 1.807) is 42.5 Å². The number of rotatable bonds is 7. The number of phenols is 1. The van der Waals surface area contributed by atoms with Crippen molar-refractivity contribution in [2.75, 3.05) is 20.8 Å². The predicted molar refractivity (Wildman–Crippen MR) is 92.0 cm³/mol. The largest absolute Gasteiger partial charge is 0.504 e. The standard InChI is InChI=1S/C19H18O6/c1-23-18-10-4-13(11-17(18)21)3-9-16(20)14-5-7-15(8-6-14)25-12-19(22)24-2/h3-11,21H,12H2,1-2H3/b9-3+. The summed E-state index contributed by atoms with van der Waals surface area (Å²) in [4.78, 5) is 23.2. The van der Waals surface area contributed by atoms with Gasteiger partial charge in [0.15, 0.2) is 23.9 Å². The lowest BCUT2D eigenvalue weighted by atomic mass is 10.1. The van der Waals surface area contributed by atoms with Crippen LogP contribution in [0.4, 0.5) is 0 Å². The lowest BCUT2D eigenvalue weighted by Gasteiger charge is -2.05. The maximum absolute atomic E-state index is 12.2. The molecule has 1 N–H and O–H groups in total. The molecule has 0 unspecified atom stereocenters. The Morgan fingerprint density at radius 1 is 1.08 bits per heavy atom. The first-order valence-corrected chi connectivity index (χ1v) is 7.42. The summed E-state index contributed by atoms with van der Waals surface area (Å²) in [5.41, 5.74) is 1.14. The van der Waals surface area contributed by atoms with Crippen molar-refractivity contribution in [3.8, 4) is 17.2 Å². The zero-order valence-electron chi connectivity index (χ0n) is 13.9.